The second kappa shape index (κ2) is 6.99. The number of halogens is 1. The minimum atomic E-state index is -1.07. The topological polar surface area (TPSA) is 81.1 Å². The highest BCUT2D eigenvalue weighted by molar-refractivity contribution is 6.01. The van der Waals surface area contributed by atoms with Crippen LogP contribution in [0, 0.1) is 5.82 Å². The molecule has 1 aliphatic rings. The molecule has 0 radical (unpaired) electrons. The van der Waals surface area contributed by atoms with Crippen molar-refractivity contribution in [1.29, 1.82) is 0 Å². The van der Waals surface area contributed by atoms with E-state index in [1.807, 2.05) is 41.1 Å². The van der Waals surface area contributed by atoms with E-state index in [9.17, 15) is 14.3 Å². The van der Waals surface area contributed by atoms with Crippen molar-refractivity contribution in [2.75, 3.05) is 5.73 Å². The van der Waals surface area contributed by atoms with Crippen LogP contribution in [0.1, 0.15) is 40.2 Å². The summed E-state index contributed by atoms with van der Waals surface area (Å²) in [5, 5.41) is 10.7. The number of carboxylic acid groups (broad SMARTS) is 1. The minimum Gasteiger partial charge on any atom is -0.478 e. The Morgan fingerprint density at radius 2 is 2.03 bits per heavy atom. The first-order chi connectivity index (χ1) is 14.5. The lowest BCUT2D eigenvalue weighted by Gasteiger charge is -2.13. The van der Waals surface area contributed by atoms with Gasteiger partial charge in [0.15, 0.2) is 0 Å². The number of fused-ring (bicyclic) bond motifs is 1. The van der Waals surface area contributed by atoms with Crippen LogP contribution in [0.2, 0.25) is 0 Å². The lowest BCUT2D eigenvalue weighted by molar-refractivity contribution is 0.0698. The summed E-state index contributed by atoms with van der Waals surface area (Å²) in [6.07, 6.45) is 5.70. The molecule has 2 heterocycles. The Morgan fingerprint density at radius 3 is 2.77 bits per heavy atom. The van der Waals surface area contributed by atoms with Gasteiger partial charge >= 0.3 is 5.97 Å². The van der Waals surface area contributed by atoms with Gasteiger partial charge in [-0.15, -0.1) is 0 Å². The third-order valence-corrected chi connectivity index (χ3v) is 5.67. The number of pyridine rings is 1. The zero-order valence-corrected chi connectivity index (χ0v) is 16.2. The van der Waals surface area contributed by atoms with E-state index < -0.39 is 5.97 Å². The molecule has 1 fully saturated rings. The van der Waals surface area contributed by atoms with Crippen LogP contribution in [0.15, 0.2) is 60.9 Å². The Kier molecular flexibility index (Phi) is 4.28. The monoisotopic (exact) mass is 401 g/mol. The van der Waals surface area contributed by atoms with Gasteiger partial charge in [-0.05, 0) is 60.2 Å². The Balaban J connectivity index is 1.55. The van der Waals surface area contributed by atoms with E-state index in [0.717, 1.165) is 34.9 Å². The highest BCUT2D eigenvalue weighted by Gasteiger charge is 2.30. The fraction of sp³-hybridized carbons (Fsp3) is 0.167. The number of carboxylic acids is 1. The van der Waals surface area contributed by atoms with Gasteiger partial charge in [-0.2, -0.15) is 0 Å². The normalized spacial score (nSPS) is 13.6. The molecule has 0 aliphatic heterocycles. The van der Waals surface area contributed by atoms with Crippen LogP contribution >= 0.6 is 0 Å². The lowest BCUT2D eigenvalue weighted by atomic mass is 9.99. The molecular formula is C24H20FN3O2. The third-order valence-electron chi connectivity index (χ3n) is 5.67. The maximum absolute atomic E-state index is 13.5. The number of nitrogens with two attached hydrogens (primary N) is 1. The summed E-state index contributed by atoms with van der Waals surface area (Å²) in [4.78, 5) is 16.4. The molecule has 0 saturated heterocycles. The first-order valence-corrected chi connectivity index (χ1v) is 9.86. The molecule has 5 rings (SSSR count). The number of nitrogens with zero attached hydrogens (tertiary/aromatic N) is 2. The molecule has 2 aromatic carbocycles. The number of aromatic carboxylic acids is 1. The Morgan fingerprint density at radius 1 is 1.20 bits per heavy atom. The van der Waals surface area contributed by atoms with E-state index in [1.54, 1.807) is 12.3 Å². The SMILES string of the molecule is Nc1c(C2CC2)cnc(-c2ccc3c(ccn3Cc3cccc(F)c3)c2)c1C(=O)O. The Labute approximate surface area is 172 Å². The summed E-state index contributed by atoms with van der Waals surface area (Å²) < 4.78 is 15.5. The van der Waals surface area contributed by atoms with Gasteiger partial charge in [0.25, 0.3) is 0 Å². The summed E-state index contributed by atoms with van der Waals surface area (Å²) in [5.41, 5.74) is 10.4. The molecule has 1 aliphatic carbocycles. The van der Waals surface area contributed by atoms with Crippen LogP contribution in [0.3, 0.4) is 0 Å². The minimum absolute atomic E-state index is 0.0675. The Bertz CT molecular complexity index is 1290. The van der Waals surface area contributed by atoms with Gasteiger partial charge in [0.05, 0.1) is 11.4 Å². The molecule has 150 valence electrons. The summed E-state index contributed by atoms with van der Waals surface area (Å²) in [6.45, 7) is 0.544. The summed E-state index contributed by atoms with van der Waals surface area (Å²) in [5.74, 6) is -1.00. The molecule has 30 heavy (non-hydrogen) atoms. The van der Waals surface area contributed by atoms with E-state index in [2.05, 4.69) is 4.98 Å². The average molecular weight is 401 g/mol. The predicted octanol–water partition coefficient (Wildman–Crippen LogP) is 5.05. The maximum Gasteiger partial charge on any atom is 0.340 e. The molecule has 0 atom stereocenters. The highest BCUT2D eigenvalue weighted by atomic mass is 19.1. The lowest BCUT2D eigenvalue weighted by Crippen LogP contribution is -2.09. The van der Waals surface area contributed by atoms with Gasteiger partial charge in [-0.3, -0.25) is 4.98 Å². The van der Waals surface area contributed by atoms with Crippen molar-refractivity contribution in [1.82, 2.24) is 9.55 Å². The molecule has 0 unspecified atom stereocenters. The van der Waals surface area contributed by atoms with Gasteiger partial charge in [-0.1, -0.05) is 18.2 Å². The standard InChI is InChI=1S/C24H20FN3O2/c25-18-3-1-2-14(10-18)13-28-9-8-16-11-17(6-7-20(16)28)23-21(24(29)30)22(26)19(12-27-23)15-4-5-15/h1-3,6-12,15H,4-5,13H2,(H2,26,27)(H,29,30). The molecule has 3 N–H and O–H groups in total. The third kappa shape index (κ3) is 3.20. The van der Waals surface area contributed by atoms with Gasteiger partial charge in [0.1, 0.15) is 11.4 Å². The fourth-order valence-corrected chi connectivity index (χ4v) is 4.01. The number of carbonyl (C=O) groups is 1. The van der Waals surface area contributed by atoms with Crippen LogP contribution in [-0.4, -0.2) is 20.6 Å². The van der Waals surface area contributed by atoms with Crippen molar-refractivity contribution in [3.8, 4) is 11.3 Å². The van der Waals surface area contributed by atoms with E-state index in [4.69, 9.17) is 5.73 Å². The molecule has 1 saturated carbocycles. The zero-order chi connectivity index (χ0) is 20.8. The predicted molar refractivity (Wildman–Crippen MR) is 114 cm³/mol. The largest absolute Gasteiger partial charge is 0.478 e. The zero-order valence-electron chi connectivity index (χ0n) is 16.2. The summed E-state index contributed by atoms with van der Waals surface area (Å²) >= 11 is 0. The molecule has 6 heteroatoms. The van der Waals surface area contributed by atoms with E-state index in [-0.39, 0.29) is 11.4 Å². The van der Waals surface area contributed by atoms with Crippen molar-refractivity contribution in [3.05, 3.63) is 83.4 Å². The van der Waals surface area contributed by atoms with Gasteiger partial charge in [0, 0.05) is 35.4 Å². The van der Waals surface area contributed by atoms with E-state index in [0.29, 0.717) is 29.4 Å². The van der Waals surface area contributed by atoms with Crippen LogP contribution in [-0.2, 0) is 6.54 Å². The molecule has 2 aromatic heterocycles. The number of anilines is 1. The molecule has 0 amide bonds. The maximum atomic E-state index is 13.5. The van der Waals surface area contributed by atoms with Gasteiger partial charge in [-0.25, -0.2) is 9.18 Å². The van der Waals surface area contributed by atoms with E-state index in [1.165, 1.54) is 12.1 Å². The van der Waals surface area contributed by atoms with Crippen LogP contribution in [0.5, 0.6) is 0 Å². The van der Waals surface area contributed by atoms with E-state index >= 15 is 0 Å². The van der Waals surface area contributed by atoms with Crippen molar-refractivity contribution < 1.29 is 14.3 Å². The number of hydrogen-bond donors (Lipinski definition) is 2. The van der Waals surface area contributed by atoms with Crippen LogP contribution < -0.4 is 5.73 Å². The molecular weight excluding hydrogens is 381 g/mol. The number of hydrogen-bond acceptors (Lipinski definition) is 3. The van der Waals surface area contributed by atoms with Crippen LogP contribution in [0.25, 0.3) is 22.2 Å². The average Bonchev–Trinajstić information content (AvgIpc) is 3.49. The molecule has 4 aromatic rings. The molecule has 0 spiro atoms. The van der Waals surface area contributed by atoms with Gasteiger partial charge < -0.3 is 15.4 Å². The van der Waals surface area contributed by atoms with Crippen molar-refractivity contribution in [2.24, 2.45) is 0 Å². The number of aromatic nitrogens is 2. The number of rotatable bonds is 5. The second-order valence-corrected chi connectivity index (χ2v) is 7.78. The van der Waals surface area contributed by atoms with Crippen molar-refractivity contribution in [2.45, 2.75) is 25.3 Å². The van der Waals surface area contributed by atoms with Crippen molar-refractivity contribution >= 4 is 22.6 Å². The molecule has 0 bridgehead atoms. The quantitative estimate of drug-likeness (QED) is 0.490. The molecule has 5 nitrogen and oxygen atoms in total. The number of benzene rings is 2. The van der Waals surface area contributed by atoms with Gasteiger partial charge in [0.2, 0.25) is 0 Å². The fourth-order valence-electron chi connectivity index (χ4n) is 4.01. The Hall–Kier alpha value is -3.67. The second-order valence-electron chi connectivity index (χ2n) is 7.78. The summed E-state index contributed by atoms with van der Waals surface area (Å²) in [7, 11) is 0. The summed E-state index contributed by atoms with van der Waals surface area (Å²) in [6, 6.07) is 14.2. The first kappa shape index (κ1) is 18.4. The first-order valence-electron chi connectivity index (χ1n) is 9.86. The smallest absolute Gasteiger partial charge is 0.340 e. The highest BCUT2D eigenvalue weighted by Crippen LogP contribution is 2.44. The van der Waals surface area contributed by atoms with Crippen molar-refractivity contribution in [3.63, 3.8) is 0 Å². The van der Waals surface area contributed by atoms with Crippen LogP contribution in [0.4, 0.5) is 10.1 Å². The number of nitrogen functional groups attached to an aromatic ring is 1.